The zero-order valence-electron chi connectivity index (χ0n) is 10.4. The Morgan fingerprint density at radius 1 is 1.19 bits per heavy atom. The second-order valence-electron chi connectivity index (χ2n) is 4.01. The zero-order chi connectivity index (χ0) is 11.6. The third-order valence-corrected chi connectivity index (χ3v) is 2.58. The van der Waals surface area contributed by atoms with Gasteiger partial charge in [-0.05, 0) is 30.9 Å². The number of hydrogen-bond acceptors (Lipinski definition) is 1. The van der Waals surface area contributed by atoms with Crippen molar-refractivity contribution in [3.05, 3.63) is 42.0 Å². The summed E-state index contributed by atoms with van der Waals surface area (Å²) in [4.78, 5) is 0. The van der Waals surface area contributed by atoms with E-state index in [1.54, 1.807) is 0 Å². The van der Waals surface area contributed by atoms with Crippen LogP contribution in [0.5, 0.6) is 0 Å². The van der Waals surface area contributed by atoms with E-state index in [4.69, 9.17) is 4.74 Å². The average Bonchev–Trinajstić information content (AvgIpc) is 2.34. The van der Waals surface area contributed by atoms with Crippen molar-refractivity contribution in [3.8, 4) is 0 Å². The van der Waals surface area contributed by atoms with Crippen LogP contribution < -0.4 is 0 Å². The lowest BCUT2D eigenvalue weighted by molar-refractivity contribution is 0.136. The van der Waals surface area contributed by atoms with Crippen molar-refractivity contribution in [1.29, 1.82) is 0 Å². The van der Waals surface area contributed by atoms with E-state index in [0.29, 0.717) is 0 Å². The number of rotatable bonds is 7. The SMILES string of the molecule is CCCCOCC/C=C(\C)c1ccccc1. The van der Waals surface area contributed by atoms with Crippen molar-refractivity contribution in [3.63, 3.8) is 0 Å². The minimum absolute atomic E-state index is 0.837. The highest BCUT2D eigenvalue weighted by molar-refractivity contribution is 5.63. The van der Waals surface area contributed by atoms with Gasteiger partial charge in [0.2, 0.25) is 0 Å². The van der Waals surface area contributed by atoms with E-state index < -0.39 is 0 Å². The predicted octanol–water partition coefficient (Wildman–Crippen LogP) is 4.30. The maximum Gasteiger partial charge on any atom is 0.0500 e. The van der Waals surface area contributed by atoms with Crippen LogP contribution in [-0.2, 0) is 4.74 Å². The molecule has 1 heteroatoms. The first-order valence-corrected chi connectivity index (χ1v) is 6.14. The van der Waals surface area contributed by atoms with Crippen molar-refractivity contribution >= 4 is 5.57 Å². The second kappa shape index (κ2) is 8.12. The van der Waals surface area contributed by atoms with Gasteiger partial charge in [0.25, 0.3) is 0 Å². The highest BCUT2D eigenvalue weighted by atomic mass is 16.5. The van der Waals surface area contributed by atoms with Gasteiger partial charge in [-0.3, -0.25) is 0 Å². The van der Waals surface area contributed by atoms with Gasteiger partial charge in [0, 0.05) is 6.61 Å². The Bertz CT molecular complexity index is 300. The van der Waals surface area contributed by atoms with Crippen LogP contribution in [0.2, 0.25) is 0 Å². The van der Waals surface area contributed by atoms with E-state index in [2.05, 4.69) is 44.2 Å². The second-order valence-corrected chi connectivity index (χ2v) is 4.01. The minimum Gasteiger partial charge on any atom is -0.381 e. The molecule has 0 bridgehead atoms. The molecule has 0 fully saturated rings. The van der Waals surface area contributed by atoms with Crippen molar-refractivity contribution in [2.24, 2.45) is 0 Å². The van der Waals surface area contributed by atoms with Gasteiger partial charge in [0.15, 0.2) is 0 Å². The van der Waals surface area contributed by atoms with E-state index in [1.807, 2.05) is 6.07 Å². The lowest BCUT2D eigenvalue weighted by atomic mass is 10.1. The minimum atomic E-state index is 0.837. The Balaban J connectivity index is 2.24. The summed E-state index contributed by atoms with van der Waals surface area (Å²) >= 11 is 0. The Labute approximate surface area is 99.1 Å². The fraction of sp³-hybridized carbons (Fsp3) is 0.467. The summed E-state index contributed by atoms with van der Waals surface area (Å²) < 4.78 is 5.52. The van der Waals surface area contributed by atoms with Gasteiger partial charge in [0.05, 0.1) is 6.61 Å². The highest BCUT2D eigenvalue weighted by Gasteiger charge is 1.93. The van der Waals surface area contributed by atoms with Crippen molar-refractivity contribution in [1.82, 2.24) is 0 Å². The van der Waals surface area contributed by atoms with Gasteiger partial charge in [-0.2, -0.15) is 0 Å². The molecule has 1 nitrogen and oxygen atoms in total. The summed E-state index contributed by atoms with van der Waals surface area (Å²) in [6.07, 6.45) is 5.63. The monoisotopic (exact) mass is 218 g/mol. The molecule has 16 heavy (non-hydrogen) atoms. The smallest absolute Gasteiger partial charge is 0.0500 e. The molecule has 0 unspecified atom stereocenters. The molecule has 0 atom stereocenters. The number of hydrogen-bond donors (Lipinski definition) is 0. The van der Waals surface area contributed by atoms with E-state index in [-0.39, 0.29) is 0 Å². The lowest BCUT2D eigenvalue weighted by Crippen LogP contribution is -1.95. The van der Waals surface area contributed by atoms with Gasteiger partial charge < -0.3 is 4.74 Å². The number of unbranched alkanes of at least 4 members (excludes halogenated alkanes) is 1. The molecule has 0 saturated carbocycles. The molecule has 0 amide bonds. The molecule has 88 valence electrons. The number of ether oxygens (including phenoxy) is 1. The molecular weight excluding hydrogens is 196 g/mol. The van der Waals surface area contributed by atoms with E-state index >= 15 is 0 Å². The number of allylic oxidation sites excluding steroid dienone is 1. The Morgan fingerprint density at radius 2 is 1.94 bits per heavy atom. The van der Waals surface area contributed by atoms with Gasteiger partial charge in [-0.25, -0.2) is 0 Å². The molecule has 0 aliphatic carbocycles. The topological polar surface area (TPSA) is 9.23 Å². The molecule has 0 aliphatic rings. The largest absolute Gasteiger partial charge is 0.381 e. The fourth-order valence-electron chi connectivity index (χ4n) is 1.53. The van der Waals surface area contributed by atoms with Crippen molar-refractivity contribution in [2.45, 2.75) is 33.1 Å². The Kier molecular flexibility index (Phi) is 6.59. The standard InChI is InChI=1S/C15H22O/c1-3-4-12-16-13-8-9-14(2)15-10-6-5-7-11-15/h5-7,9-11H,3-4,8,12-13H2,1-2H3/b14-9+. The van der Waals surface area contributed by atoms with Crippen LogP contribution in [-0.4, -0.2) is 13.2 Å². The molecule has 0 heterocycles. The molecule has 0 spiro atoms. The highest BCUT2D eigenvalue weighted by Crippen LogP contribution is 2.13. The first-order chi connectivity index (χ1) is 7.84. The molecule has 0 saturated heterocycles. The molecule has 0 radical (unpaired) electrons. The van der Waals surface area contributed by atoms with Crippen LogP contribution in [0.25, 0.3) is 5.57 Å². The van der Waals surface area contributed by atoms with E-state index in [9.17, 15) is 0 Å². The number of benzene rings is 1. The summed E-state index contributed by atoms with van der Waals surface area (Å²) in [5.41, 5.74) is 2.63. The Hall–Kier alpha value is -1.08. The lowest BCUT2D eigenvalue weighted by Gasteiger charge is -2.03. The molecule has 1 aromatic carbocycles. The van der Waals surface area contributed by atoms with Crippen molar-refractivity contribution < 1.29 is 4.74 Å². The summed E-state index contributed by atoms with van der Waals surface area (Å²) in [5, 5.41) is 0. The van der Waals surface area contributed by atoms with E-state index in [1.165, 1.54) is 24.0 Å². The normalized spacial score (nSPS) is 11.8. The summed E-state index contributed by atoms with van der Waals surface area (Å²) in [7, 11) is 0. The maximum absolute atomic E-state index is 5.52. The van der Waals surface area contributed by atoms with Crippen LogP contribution in [0.15, 0.2) is 36.4 Å². The molecule has 0 aliphatic heterocycles. The summed E-state index contributed by atoms with van der Waals surface area (Å²) in [6.45, 7) is 6.07. The van der Waals surface area contributed by atoms with Crippen molar-refractivity contribution in [2.75, 3.05) is 13.2 Å². The molecule has 1 aromatic rings. The van der Waals surface area contributed by atoms with Crippen LogP contribution in [0, 0.1) is 0 Å². The first kappa shape index (κ1) is 13.0. The van der Waals surface area contributed by atoms with Gasteiger partial charge in [-0.1, -0.05) is 49.8 Å². The quantitative estimate of drug-likeness (QED) is 0.620. The summed E-state index contributed by atoms with van der Waals surface area (Å²) in [5.74, 6) is 0. The maximum atomic E-state index is 5.52. The van der Waals surface area contributed by atoms with Gasteiger partial charge >= 0.3 is 0 Å². The van der Waals surface area contributed by atoms with Gasteiger partial charge in [0.1, 0.15) is 0 Å². The van der Waals surface area contributed by atoms with Crippen LogP contribution in [0.1, 0.15) is 38.7 Å². The van der Waals surface area contributed by atoms with E-state index in [0.717, 1.165) is 19.6 Å². The fourth-order valence-corrected chi connectivity index (χ4v) is 1.53. The molecule has 0 N–H and O–H groups in total. The molecule has 0 aromatic heterocycles. The van der Waals surface area contributed by atoms with Gasteiger partial charge in [-0.15, -0.1) is 0 Å². The molecule has 1 rings (SSSR count). The first-order valence-electron chi connectivity index (χ1n) is 6.14. The third kappa shape index (κ3) is 5.13. The van der Waals surface area contributed by atoms with Crippen LogP contribution in [0.3, 0.4) is 0 Å². The van der Waals surface area contributed by atoms with Crippen LogP contribution in [0.4, 0.5) is 0 Å². The zero-order valence-corrected chi connectivity index (χ0v) is 10.4. The summed E-state index contributed by atoms with van der Waals surface area (Å²) in [6, 6.07) is 10.5. The predicted molar refractivity (Wildman–Crippen MR) is 70.4 cm³/mol. The average molecular weight is 218 g/mol. The van der Waals surface area contributed by atoms with Crippen LogP contribution >= 0.6 is 0 Å². The molecular formula is C15H22O. The Morgan fingerprint density at radius 3 is 2.62 bits per heavy atom. The third-order valence-electron chi connectivity index (χ3n) is 2.58.